The van der Waals surface area contributed by atoms with Gasteiger partial charge >= 0.3 is 0 Å². The van der Waals surface area contributed by atoms with Gasteiger partial charge in [-0.25, -0.2) is 0 Å². The summed E-state index contributed by atoms with van der Waals surface area (Å²) in [6, 6.07) is 46.4. The maximum atomic E-state index is 5.46. The Labute approximate surface area is 213 Å². The molecule has 0 saturated heterocycles. The van der Waals surface area contributed by atoms with Crippen LogP contribution in [-0.4, -0.2) is 14.2 Å². The normalized spacial score (nSPS) is 10.5. The number of rotatable bonds is 7. The minimum absolute atomic E-state index is 0.832. The van der Waals surface area contributed by atoms with Crippen LogP contribution in [0.1, 0.15) is 22.3 Å². The van der Waals surface area contributed by atoms with E-state index in [-0.39, 0.29) is 0 Å². The molecule has 5 aromatic rings. The summed E-state index contributed by atoms with van der Waals surface area (Å²) in [6.07, 6.45) is 0. The first-order valence-electron chi connectivity index (χ1n) is 12.0. The van der Waals surface area contributed by atoms with Crippen LogP contribution in [0.15, 0.2) is 133 Å². The molecule has 0 aromatic heterocycles. The first kappa shape index (κ1) is 23.2. The lowest BCUT2D eigenvalue weighted by molar-refractivity contribution is 0.414. The Morgan fingerprint density at radius 3 is 1.39 bits per heavy atom. The molecule has 5 rings (SSSR count). The second kappa shape index (κ2) is 10.8. The van der Waals surface area contributed by atoms with Crippen LogP contribution < -0.4 is 9.47 Å². The van der Waals surface area contributed by atoms with Crippen LogP contribution in [0, 0.1) is 0 Å². The van der Waals surface area contributed by atoms with Crippen molar-refractivity contribution in [2.24, 2.45) is 0 Å². The molecule has 0 unspecified atom stereocenters. The average Bonchev–Trinajstić information content (AvgIpc) is 2.97. The highest BCUT2D eigenvalue weighted by molar-refractivity contribution is 6.07. The smallest absolute Gasteiger partial charge is 0.118 e. The lowest BCUT2D eigenvalue weighted by Gasteiger charge is -2.21. The van der Waals surface area contributed by atoms with E-state index in [2.05, 4.69) is 109 Å². The minimum Gasteiger partial charge on any atom is -0.497 e. The molecule has 0 saturated carbocycles. The summed E-state index contributed by atoms with van der Waals surface area (Å²) in [7, 11) is 3.39. The van der Waals surface area contributed by atoms with Gasteiger partial charge in [-0.2, -0.15) is 0 Å². The fraction of sp³-hybridized carbons (Fsp3) is 0.0588. The minimum atomic E-state index is 0.832. The largest absolute Gasteiger partial charge is 0.497 e. The number of benzene rings is 5. The second-order valence-corrected chi connectivity index (χ2v) is 8.48. The van der Waals surface area contributed by atoms with E-state index in [4.69, 9.17) is 9.47 Å². The number of methoxy groups -OCH3 is 2. The maximum Gasteiger partial charge on any atom is 0.118 e. The van der Waals surface area contributed by atoms with Gasteiger partial charge in [-0.05, 0) is 68.8 Å². The third-order valence-electron chi connectivity index (χ3n) is 6.35. The van der Waals surface area contributed by atoms with Crippen LogP contribution in [-0.2, 0) is 0 Å². The lowest BCUT2D eigenvalue weighted by Crippen LogP contribution is -1.99. The van der Waals surface area contributed by atoms with Gasteiger partial charge in [0.15, 0.2) is 0 Å². The molecule has 0 amide bonds. The van der Waals surface area contributed by atoms with Crippen molar-refractivity contribution in [2.45, 2.75) is 0 Å². The molecule has 0 fully saturated rings. The molecule has 0 atom stereocenters. The fourth-order valence-electron chi connectivity index (χ4n) is 4.58. The molecule has 36 heavy (non-hydrogen) atoms. The van der Waals surface area contributed by atoms with Crippen molar-refractivity contribution in [1.29, 1.82) is 0 Å². The molecular weight excluding hydrogens is 440 g/mol. The third kappa shape index (κ3) is 4.80. The maximum absolute atomic E-state index is 5.46. The van der Waals surface area contributed by atoms with Gasteiger partial charge in [-0.3, -0.25) is 0 Å². The van der Waals surface area contributed by atoms with Gasteiger partial charge in [-0.15, -0.1) is 0 Å². The monoisotopic (exact) mass is 468 g/mol. The van der Waals surface area contributed by atoms with E-state index in [1.165, 1.54) is 22.3 Å². The fourth-order valence-corrected chi connectivity index (χ4v) is 4.58. The van der Waals surface area contributed by atoms with E-state index in [9.17, 15) is 0 Å². The van der Waals surface area contributed by atoms with E-state index in [0.717, 1.165) is 33.8 Å². The zero-order valence-electron chi connectivity index (χ0n) is 20.5. The van der Waals surface area contributed by atoms with Gasteiger partial charge in [0, 0.05) is 0 Å². The third-order valence-corrected chi connectivity index (χ3v) is 6.35. The Morgan fingerprint density at radius 2 is 0.861 bits per heavy atom. The van der Waals surface area contributed by atoms with E-state index in [0.29, 0.717) is 0 Å². The van der Waals surface area contributed by atoms with E-state index in [1.54, 1.807) is 14.2 Å². The van der Waals surface area contributed by atoms with E-state index < -0.39 is 0 Å². The summed E-state index contributed by atoms with van der Waals surface area (Å²) >= 11 is 0. The van der Waals surface area contributed by atoms with Gasteiger partial charge in [0.25, 0.3) is 0 Å². The molecule has 5 aromatic carbocycles. The van der Waals surface area contributed by atoms with Crippen LogP contribution in [0.4, 0.5) is 0 Å². The van der Waals surface area contributed by atoms with Crippen molar-refractivity contribution in [2.75, 3.05) is 14.2 Å². The zero-order chi connectivity index (χ0) is 24.7. The van der Waals surface area contributed by atoms with E-state index in [1.807, 2.05) is 24.3 Å². The highest BCUT2D eigenvalue weighted by Gasteiger charge is 2.19. The van der Waals surface area contributed by atoms with Crippen molar-refractivity contribution >= 4 is 11.1 Å². The molecule has 0 aliphatic rings. The van der Waals surface area contributed by atoms with Crippen molar-refractivity contribution < 1.29 is 9.47 Å². The van der Waals surface area contributed by atoms with E-state index >= 15 is 0 Å². The molecule has 0 aliphatic heterocycles. The first-order valence-corrected chi connectivity index (χ1v) is 12.0. The van der Waals surface area contributed by atoms with Gasteiger partial charge in [0.2, 0.25) is 0 Å². The molecular formula is C34H28O2. The molecule has 0 heterocycles. The molecule has 0 aliphatic carbocycles. The Balaban J connectivity index is 1.87. The van der Waals surface area contributed by atoms with Crippen LogP contribution >= 0.6 is 0 Å². The van der Waals surface area contributed by atoms with Crippen LogP contribution in [0.25, 0.3) is 22.3 Å². The molecule has 0 bridgehead atoms. The quantitative estimate of drug-likeness (QED) is 0.223. The average molecular weight is 469 g/mol. The summed E-state index contributed by atoms with van der Waals surface area (Å²) in [5, 5.41) is 0. The lowest BCUT2D eigenvalue weighted by atomic mass is 9.83. The summed E-state index contributed by atoms with van der Waals surface area (Å²) in [6.45, 7) is 0. The predicted molar refractivity (Wildman–Crippen MR) is 149 cm³/mol. The molecule has 176 valence electrons. The van der Waals surface area contributed by atoms with Crippen LogP contribution in [0.3, 0.4) is 0 Å². The number of ether oxygens (including phenoxy) is 2. The number of hydrogen-bond acceptors (Lipinski definition) is 2. The highest BCUT2D eigenvalue weighted by atomic mass is 16.5. The van der Waals surface area contributed by atoms with Crippen molar-refractivity contribution in [3.8, 4) is 22.6 Å². The predicted octanol–water partition coefficient (Wildman–Crippen LogP) is 8.38. The Hall–Kier alpha value is -4.56. The zero-order valence-corrected chi connectivity index (χ0v) is 20.5. The standard InChI is InChI=1S/C34H28O2/c1-35-29-21-17-27(18-22-29)33(28-19-23-30(36-2)24-20-28)34(26-13-7-4-8-14-26)32-16-10-9-15-31(32)25-11-5-3-6-12-25/h3-24H,1-2H3. The molecule has 0 N–H and O–H groups in total. The highest BCUT2D eigenvalue weighted by Crippen LogP contribution is 2.41. The topological polar surface area (TPSA) is 18.5 Å². The van der Waals surface area contributed by atoms with Crippen LogP contribution in [0.2, 0.25) is 0 Å². The van der Waals surface area contributed by atoms with Gasteiger partial charge in [0.05, 0.1) is 14.2 Å². The second-order valence-electron chi connectivity index (χ2n) is 8.48. The molecule has 2 heteroatoms. The van der Waals surface area contributed by atoms with Gasteiger partial charge in [-0.1, -0.05) is 109 Å². The molecule has 2 nitrogen and oxygen atoms in total. The molecule has 0 radical (unpaired) electrons. The van der Waals surface area contributed by atoms with Gasteiger partial charge < -0.3 is 9.47 Å². The Morgan fingerprint density at radius 1 is 0.417 bits per heavy atom. The summed E-state index contributed by atoms with van der Waals surface area (Å²) in [5.74, 6) is 1.66. The van der Waals surface area contributed by atoms with Crippen LogP contribution in [0.5, 0.6) is 11.5 Å². The summed E-state index contributed by atoms with van der Waals surface area (Å²) < 4.78 is 10.9. The van der Waals surface area contributed by atoms with Crippen molar-refractivity contribution in [3.05, 3.63) is 156 Å². The SMILES string of the molecule is COc1ccc(C(=C(c2ccccc2)c2ccccc2-c2ccccc2)c2ccc(OC)cc2)cc1. The van der Waals surface area contributed by atoms with Crippen molar-refractivity contribution in [1.82, 2.24) is 0 Å². The number of hydrogen-bond donors (Lipinski definition) is 0. The Bertz CT molecular complexity index is 1400. The Kier molecular flexibility index (Phi) is 6.95. The summed E-state index contributed by atoms with van der Waals surface area (Å²) in [4.78, 5) is 0. The van der Waals surface area contributed by atoms with Crippen molar-refractivity contribution in [3.63, 3.8) is 0 Å². The first-order chi connectivity index (χ1) is 17.8. The van der Waals surface area contributed by atoms with Gasteiger partial charge in [0.1, 0.15) is 11.5 Å². The summed E-state index contributed by atoms with van der Waals surface area (Å²) in [5.41, 5.74) is 9.26. The molecule has 0 spiro atoms.